The molecule has 0 atom stereocenters. The standard InChI is InChI=1S/C14H29NS/c1-13(2,3)15-10-7-12(8-11-15)6-9-14(4,5)16/h12,16H,6-11H2,1-5H3. The summed E-state index contributed by atoms with van der Waals surface area (Å²) in [5.74, 6) is 0.935. The van der Waals surface area contributed by atoms with Crippen LogP contribution in [0.25, 0.3) is 0 Å². The van der Waals surface area contributed by atoms with Crippen LogP contribution in [0, 0.1) is 5.92 Å². The summed E-state index contributed by atoms with van der Waals surface area (Å²) in [6.45, 7) is 14.0. The molecule has 1 aliphatic rings. The second-order valence-corrected chi connectivity index (χ2v) is 8.16. The molecule has 1 saturated heterocycles. The molecule has 1 aliphatic heterocycles. The molecule has 0 amide bonds. The number of thiol groups is 1. The number of hydrogen-bond donors (Lipinski definition) is 1. The minimum absolute atomic E-state index is 0.209. The predicted molar refractivity (Wildman–Crippen MR) is 76.3 cm³/mol. The molecule has 1 fully saturated rings. The Kier molecular flexibility index (Phi) is 4.76. The van der Waals surface area contributed by atoms with Crippen molar-refractivity contribution >= 4 is 12.6 Å². The highest BCUT2D eigenvalue weighted by Crippen LogP contribution is 2.29. The average Bonchev–Trinajstić information content (AvgIpc) is 2.13. The molecule has 0 aromatic heterocycles. The summed E-state index contributed by atoms with van der Waals surface area (Å²) in [7, 11) is 0. The third kappa shape index (κ3) is 5.09. The van der Waals surface area contributed by atoms with Gasteiger partial charge < -0.3 is 0 Å². The average molecular weight is 243 g/mol. The first-order valence-electron chi connectivity index (χ1n) is 6.66. The monoisotopic (exact) mass is 243 g/mol. The highest BCUT2D eigenvalue weighted by Gasteiger charge is 2.27. The van der Waals surface area contributed by atoms with Crippen LogP contribution in [0.2, 0.25) is 0 Å². The van der Waals surface area contributed by atoms with Gasteiger partial charge in [-0.3, -0.25) is 4.90 Å². The van der Waals surface area contributed by atoms with Crippen LogP contribution < -0.4 is 0 Å². The van der Waals surface area contributed by atoms with Gasteiger partial charge in [-0.05, 0) is 65.5 Å². The third-order valence-corrected chi connectivity index (χ3v) is 3.95. The molecule has 0 bridgehead atoms. The predicted octanol–water partition coefficient (Wildman–Crippen LogP) is 3.99. The van der Waals surface area contributed by atoms with E-state index in [9.17, 15) is 0 Å². The van der Waals surface area contributed by atoms with Gasteiger partial charge in [0.25, 0.3) is 0 Å². The van der Waals surface area contributed by atoms with E-state index in [4.69, 9.17) is 0 Å². The molecule has 0 radical (unpaired) electrons. The van der Waals surface area contributed by atoms with Crippen LogP contribution in [-0.2, 0) is 0 Å². The van der Waals surface area contributed by atoms with Crippen molar-refractivity contribution < 1.29 is 0 Å². The summed E-state index contributed by atoms with van der Waals surface area (Å²) in [4.78, 5) is 2.62. The SMILES string of the molecule is CC(C)(S)CCC1CCN(C(C)(C)C)CC1. The van der Waals surface area contributed by atoms with Gasteiger partial charge in [0, 0.05) is 10.3 Å². The Hall–Kier alpha value is 0.310. The molecule has 1 nitrogen and oxygen atoms in total. The molecule has 0 aromatic rings. The first-order valence-corrected chi connectivity index (χ1v) is 7.11. The van der Waals surface area contributed by atoms with Gasteiger partial charge in [0.15, 0.2) is 0 Å². The van der Waals surface area contributed by atoms with Gasteiger partial charge in [-0.1, -0.05) is 13.8 Å². The topological polar surface area (TPSA) is 3.24 Å². The Labute approximate surface area is 107 Å². The number of piperidine rings is 1. The van der Waals surface area contributed by atoms with Crippen LogP contribution in [0.1, 0.15) is 60.3 Å². The molecule has 0 unspecified atom stereocenters. The van der Waals surface area contributed by atoms with Gasteiger partial charge in [-0.15, -0.1) is 0 Å². The fraction of sp³-hybridized carbons (Fsp3) is 1.00. The summed E-state index contributed by atoms with van der Waals surface area (Å²) in [6, 6.07) is 0. The van der Waals surface area contributed by atoms with Gasteiger partial charge in [-0.2, -0.15) is 12.6 Å². The van der Waals surface area contributed by atoms with E-state index in [0.29, 0.717) is 5.54 Å². The Morgan fingerprint density at radius 3 is 1.94 bits per heavy atom. The van der Waals surface area contributed by atoms with E-state index >= 15 is 0 Å². The van der Waals surface area contributed by atoms with E-state index in [1.807, 2.05) is 0 Å². The zero-order chi connectivity index (χ0) is 12.4. The summed E-state index contributed by atoms with van der Waals surface area (Å²) < 4.78 is 0.209. The van der Waals surface area contributed by atoms with E-state index in [-0.39, 0.29) is 4.75 Å². The van der Waals surface area contributed by atoms with E-state index in [0.717, 1.165) is 5.92 Å². The van der Waals surface area contributed by atoms with Crippen molar-refractivity contribution in [3.63, 3.8) is 0 Å². The van der Waals surface area contributed by atoms with Gasteiger partial charge in [-0.25, -0.2) is 0 Å². The summed E-state index contributed by atoms with van der Waals surface area (Å²) >= 11 is 4.61. The van der Waals surface area contributed by atoms with Gasteiger partial charge in [0.2, 0.25) is 0 Å². The Bertz CT molecular complexity index is 204. The second-order valence-electron chi connectivity index (χ2n) is 6.95. The maximum atomic E-state index is 4.61. The maximum Gasteiger partial charge on any atom is 0.0125 e. The number of hydrogen-bond acceptors (Lipinski definition) is 2. The molecule has 0 saturated carbocycles. The molecule has 1 rings (SSSR count). The van der Waals surface area contributed by atoms with Crippen LogP contribution in [0.5, 0.6) is 0 Å². The van der Waals surface area contributed by atoms with E-state index in [1.54, 1.807) is 0 Å². The van der Waals surface area contributed by atoms with Crippen molar-refractivity contribution in [1.29, 1.82) is 0 Å². The summed E-state index contributed by atoms with van der Waals surface area (Å²) in [6.07, 6.45) is 5.35. The molecular weight excluding hydrogens is 214 g/mol. The summed E-state index contributed by atoms with van der Waals surface area (Å²) in [5, 5.41) is 0. The first kappa shape index (κ1) is 14.4. The van der Waals surface area contributed by atoms with Crippen molar-refractivity contribution in [1.82, 2.24) is 4.90 Å². The number of nitrogens with zero attached hydrogens (tertiary/aromatic N) is 1. The lowest BCUT2D eigenvalue weighted by molar-refractivity contribution is 0.0843. The largest absolute Gasteiger partial charge is 0.298 e. The second kappa shape index (κ2) is 5.30. The molecule has 0 aromatic carbocycles. The van der Waals surface area contributed by atoms with Crippen molar-refractivity contribution in [2.45, 2.75) is 70.6 Å². The molecule has 0 spiro atoms. The molecule has 0 N–H and O–H groups in total. The minimum Gasteiger partial charge on any atom is -0.298 e. The zero-order valence-corrected chi connectivity index (χ0v) is 12.6. The third-order valence-electron chi connectivity index (χ3n) is 3.73. The van der Waals surface area contributed by atoms with Gasteiger partial charge in [0.1, 0.15) is 0 Å². The highest BCUT2D eigenvalue weighted by molar-refractivity contribution is 7.81. The molecular formula is C14H29NS. The van der Waals surface area contributed by atoms with Crippen LogP contribution >= 0.6 is 12.6 Å². The van der Waals surface area contributed by atoms with E-state index in [1.165, 1.54) is 38.8 Å². The van der Waals surface area contributed by atoms with Gasteiger partial charge >= 0.3 is 0 Å². The Balaban J connectivity index is 2.28. The number of rotatable bonds is 3. The quantitative estimate of drug-likeness (QED) is 0.734. The number of likely N-dealkylation sites (tertiary alicyclic amines) is 1. The van der Waals surface area contributed by atoms with E-state index in [2.05, 4.69) is 52.1 Å². The lowest BCUT2D eigenvalue weighted by atomic mass is 9.87. The lowest BCUT2D eigenvalue weighted by Crippen LogP contribution is -2.46. The highest BCUT2D eigenvalue weighted by atomic mass is 32.1. The van der Waals surface area contributed by atoms with Crippen molar-refractivity contribution in [3.8, 4) is 0 Å². The Morgan fingerprint density at radius 2 is 1.56 bits per heavy atom. The fourth-order valence-corrected chi connectivity index (χ4v) is 2.58. The molecule has 16 heavy (non-hydrogen) atoms. The van der Waals surface area contributed by atoms with Gasteiger partial charge in [0.05, 0.1) is 0 Å². The van der Waals surface area contributed by atoms with Crippen LogP contribution in [0.3, 0.4) is 0 Å². The normalized spacial score (nSPS) is 21.4. The first-order chi connectivity index (χ1) is 7.18. The molecule has 96 valence electrons. The van der Waals surface area contributed by atoms with Crippen LogP contribution in [-0.4, -0.2) is 28.3 Å². The van der Waals surface area contributed by atoms with Crippen LogP contribution in [0.15, 0.2) is 0 Å². The lowest BCUT2D eigenvalue weighted by Gasteiger charge is -2.41. The van der Waals surface area contributed by atoms with Crippen LogP contribution in [0.4, 0.5) is 0 Å². The smallest absolute Gasteiger partial charge is 0.0125 e. The van der Waals surface area contributed by atoms with Crippen molar-refractivity contribution in [3.05, 3.63) is 0 Å². The van der Waals surface area contributed by atoms with Crippen molar-refractivity contribution in [2.24, 2.45) is 5.92 Å². The maximum absolute atomic E-state index is 4.61. The molecule has 2 heteroatoms. The van der Waals surface area contributed by atoms with E-state index < -0.39 is 0 Å². The molecule has 1 heterocycles. The Morgan fingerprint density at radius 1 is 1.06 bits per heavy atom. The fourth-order valence-electron chi connectivity index (χ4n) is 2.45. The minimum atomic E-state index is 0.209. The molecule has 0 aliphatic carbocycles. The summed E-state index contributed by atoms with van der Waals surface area (Å²) in [5.41, 5.74) is 0.355. The van der Waals surface area contributed by atoms with Crippen molar-refractivity contribution in [2.75, 3.05) is 13.1 Å². The zero-order valence-electron chi connectivity index (χ0n) is 11.7.